The summed E-state index contributed by atoms with van der Waals surface area (Å²) >= 11 is 0. The summed E-state index contributed by atoms with van der Waals surface area (Å²) in [4.78, 5) is 25.4. The molecule has 1 aliphatic rings. The Labute approximate surface area is 154 Å². The van der Waals surface area contributed by atoms with E-state index in [-0.39, 0.29) is 11.9 Å². The maximum Gasteiger partial charge on any atom is 0.237 e. The Bertz CT molecular complexity index is 771. The number of nitrogens with zero attached hydrogens (tertiary/aromatic N) is 5. The predicted octanol–water partition coefficient (Wildman–Crippen LogP) is 1.16. The zero-order valence-electron chi connectivity index (χ0n) is 16.0. The summed E-state index contributed by atoms with van der Waals surface area (Å²) in [5.41, 5.74) is 4.05. The Morgan fingerprint density at radius 2 is 2.19 bits per heavy atom. The van der Waals surface area contributed by atoms with Crippen LogP contribution in [-0.4, -0.2) is 63.5 Å². The van der Waals surface area contributed by atoms with Gasteiger partial charge in [-0.3, -0.25) is 9.78 Å². The van der Waals surface area contributed by atoms with E-state index in [0.29, 0.717) is 26.3 Å². The van der Waals surface area contributed by atoms with Crippen molar-refractivity contribution >= 4 is 5.91 Å². The fourth-order valence-corrected chi connectivity index (χ4v) is 3.30. The van der Waals surface area contributed by atoms with E-state index >= 15 is 0 Å². The largest absolute Gasteiger partial charge is 0.373 e. The number of aromatic nitrogens is 3. The summed E-state index contributed by atoms with van der Waals surface area (Å²) in [6.45, 7) is 3.83. The van der Waals surface area contributed by atoms with Gasteiger partial charge in [-0.25, -0.2) is 4.98 Å². The Kier molecular flexibility index (Phi) is 5.68. The summed E-state index contributed by atoms with van der Waals surface area (Å²) in [5.74, 6) is 0.105. The first kappa shape index (κ1) is 18.5. The first-order valence-electron chi connectivity index (χ1n) is 8.87. The van der Waals surface area contributed by atoms with Gasteiger partial charge < -0.3 is 19.1 Å². The summed E-state index contributed by atoms with van der Waals surface area (Å²) in [5, 5.41) is 0. The molecular formula is C19H27N5O2. The molecule has 7 heteroatoms. The number of carbonyl (C=O) groups excluding carboxylic acids is 1. The molecule has 1 atom stereocenters. The van der Waals surface area contributed by atoms with Gasteiger partial charge in [0.15, 0.2) is 0 Å². The zero-order valence-corrected chi connectivity index (χ0v) is 16.0. The van der Waals surface area contributed by atoms with Crippen LogP contribution in [0.15, 0.2) is 24.5 Å². The number of fused-ring (bicyclic) bond motifs is 1. The molecule has 0 fully saturated rings. The molecule has 2 aromatic rings. The van der Waals surface area contributed by atoms with Crippen molar-refractivity contribution in [2.24, 2.45) is 7.05 Å². The molecule has 0 N–H and O–H groups in total. The van der Waals surface area contributed by atoms with Gasteiger partial charge >= 0.3 is 0 Å². The van der Waals surface area contributed by atoms with Gasteiger partial charge in [0.2, 0.25) is 5.91 Å². The topological polar surface area (TPSA) is 63.5 Å². The Balaban J connectivity index is 1.68. The van der Waals surface area contributed by atoms with E-state index in [0.717, 1.165) is 23.5 Å². The number of aryl methyl sites for hydroxylation is 2. The highest BCUT2D eigenvalue weighted by atomic mass is 16.5. The Morgan fingerprint density at radius 1 is 1.38 bits per heavy atom. The third kappa shape index (κ3) is 4.28. The lowest BCUT2D eigenvalue weighted by molar-refractivity contribution is -0.137. The van der Waals surface area contributed by atoms with E-state index in [1.807, 2.05) is 67.0 Å². The van der Waals surface area contributed by atoms with Gasteiger partial charge in [0.1, 0.15) is 0 Å². The van der Waals surface area contributed by atoms with Crippen LogP contribution in [0.5, 0.6) is 0 Å². The summed E-state index contributed by atoms with van der Waals surface area (Å²) < 4.78 is 7.97. The van der Waals surface area contributed by atoms with E-state index in [9.17, 15) is 4.79 Å². The number of amides is 1. The molecule has 140 valence electrons. The maximum absolute atomic E-state index is 12.7. The first-order chi connectivity index (χ1) is 12.4. The van der Waals surface area contributed by atoms with E-state index in [1.54, 1.807) is 0 Å². The minimum absolute atomic E-state index is 0.00941. The number of likely N-dealkylation sites (N-methyl/N-ethyl adjacent to an activating group) is 1. The van der Waals surface area contributed by atoms with Crippen molar-refractivity contribution in [2.75, 3.05) is 27.2 Å². The van der Waals surface area contributed by atoms with Crippen molar-refractivity contribution in [3.8, 4) is 0 Å². The molecule has 2 aromatic heterocycles. The van der Waals surface area contributed by atoms with Crippen molar-refractivity contribution in [1.29, 1.82) is 0 Å². The standard InChI is InChI=1S/C19H27N5O2/c1-14-6-5-7-15(21-14)11-26-12-16-8-18-17(20-13-23(18)4)9-24(16)19(25)10-22(2)3/h5-7,13,16H,8-12H2,1-4H3/t16-/m0/s1. The van der Waals surface area contributed by atoms with Crippen LogP contribution in [0, 0.1) is 6.92 Å². The van der Waals surface area contributed by atoms with E-state index in [2.05, 4.69) is 9.97 Å². The summed E-state index contributed by atoms with van der Waals surface area (Å²) in [7, 11) is 5.81. The lowest BCUT2D eigenvalue weighted by Crippen LogP contribution is -2.49. The molecule has 0 aromatic carbocycles. The highest BCUT2D eigenvalue weighted by Gasteiger charge is 2.32. The van der Waals surface area contributed by atoms with Crippen LogP contribution < -0.4 is 0 Å². The fourth-order valence-electron chi connectivity index (χ4n) is 3.30. The number of imidazole rings is 1. The minimum Gasteiger partial charge on any atom is -0.373 e. The second kappa shape index (κ2) is 7.97. The van der Waals surface area contributed by atoms with Gasteiger partial charge in [-0.1, -0.05) is 6.07 Å². The molecule has 0 unspecified atom stereocenters. The smallest absolute Gasteiger partial charge is 0.237 e. The average molecular weight is 357 g/mol. The molecule has 26 heavy (non-hydrogen) atoms. The van der Waals surface area contributed by atoms with E-state index in [1.165, 1.54) is 5.69 Å². The van der Waals surface area contributed by atoms with Crippen LogP contribution in [-0.2, 0) is 36.2 Å². The van der Waals surface area contributed by atoms with Crippen LogP contribution in [0.25, 0.3) is 0 Å². The molecule has 0 bridgehead atoms. The fraction of sp³-hybridized carbons (Fsp3) is 0.526. The zero-order chi connectivity index (χ0) is 18.7. The SMILES string of the molecule is Cc1cccc(COC[C@@H]2Cc3c(ncn3C)CN2C(=O)CN(C)C)n1. The molecule has 1 aliphatic heterocycles. The quantitative estimate of drug-likeness (QED) is 0.776. The number of rotatable bonds is 6. The van der Waals surface area contributed by atoms with Crippen LogP contribution >= 0.6 is 0 Å². The molecule has 0 saturated carbocycles. The molecule has 0 aliphatic carbocycles. The minimum atomic E-state index is 0.00941. The molecule has 0 spiro atoms. The molecule has 7 nitrogen and oxygen atoms in total. The van der Waals surface area contributed by atoms with Crippen LogP contribution in [0.3, 0.4) is 0 Å². The monoisotopic (exact) mass is 357 g/mol. The third-order valence-corrected chi connectivity index (χ3v) is 4.61. The molecule has 0 saturated heterocycles. The van der Waals surface area contributed by atoms with Crippen molar-refractivity contribution in [1.82, 2.24) is 24.3 Å². The number of ether oxygens (including phenoxy) is 1. The number of hydrogen-bond donors (Lipinski definition) is 0. The number of carbonyl (C=O) groups is 1. The van der Waals surface area contributed by atoms with Crippen molar-refractivity contribution in [2.45, 2.75) is 32.5 Å². The molecule has 0 radical (unpaired) electrons. The molecule has 1 amide bonds. The Hall–Kier alpha value is -2.25. The highest BCUT2D eigenvalue weighted by Crippen LogP contribution is 2.23. The highest BCUT2D eigenvalue weighted by molar-refractivity contribution is 5.78. The van der Waals surface area contributed by atoms with Gasteiger partial charge in [0, 0.05) is 24.9 Å². The van der Waals surface area contributed by atoms with Crippen molar-refractivity contribution < 1.29 is 9.53 Å². The predicted molar refractivity (Wildman–Crippen MR) is 98.4 cm³/mol. The second-order valence-corrected chi connectivity index (χ2v) is 7.15. The first-order valence-corrected chi connectivity index (χ1v) is 8.87. The van der Waals surface area contributed by atoms with E-state index in [4.69, 9.17) is 4.74 Å². The summed E-state index contributed by atoms with van der Waals surface area (Å²) in [6, 6.07) is 5.92. The van der Waals surface area contributed by atoms with Gasteiger partial charge in [-0.05, 0) is 33.2 Å². The van der Waals surface area contributed by atoms with Crippen molar-refractivity contribution in [3.05, 3.63) is 47.3 Å². The van der Waals surface area contributed by atoms with E-state index < -0.39 is 0 Å². The lowest BCUT2D eigenvalue weighted by Gasteiger charge is -2.36. The van der Waals surface area contributed by atoms with Gasteiger partial charge in [-0.2, -0.15) is 0 Å². The third-order valence-electron chi connectivity index (χ3n) is 4.61. The van der Waals surface area contributed by atoms with Crippen LogP contribution in [0.1, 0.15) is 22.8 Å². The normalized spacial score (nSPS) is 16.8. The lowest BCUT2D eigenvalue weighted by atomic mass is 10.0. The van der Waals surface area contributed by atoms with Gasteiger partial charge in [-0.15, -0.1) is 0 Å². The number of hydrogen-bond acceptors (Lipinski definition) is 5. The Morgan fingerprint density at radius 3 is 2.92 bits per heavy atom. The van der Waals surface area contributed by atoms with Gasteiger partial charge in [0.05, 0.1) is 50.1 Å². The maximum atomic E-state index is 12.7. The number of pyridine rings is 1. The molecular weight excluding hydrogens is 330 g/mol. The molecule has 3 rings (SSSR count). The van der Waals surface area contributed by atoms with Crippen LogP contribution in [0.2, 0.25) is 0 Å². The van der Waals surface area contributed by atoms with Crippen molar-refractivity contribution in [3.63, 3.8) is 0 Å². The molecule has 3 heterocycles. The average Bonchev–Trinajstić information content (AvgIpc) is 2.94. The van der Waals surface area contributed by atoms with Gasteiger partial charge in [0.25, 0.3) is 0 Å². The van der Waals surface area contributed by atoms with Crippen LogP contribution in [0.4, 0.5) is 0 Å². The second-order valence-electron chi connectivity index (χ2n) is 7.15. The summed E-state index contributed by atoms with van der Waals surface area (Å²) in [6.07, 6.45) is 2.57.